The standard InChI is InChI=1S/C19H17F2NO3S/c1-22(13-14-6-9-17(10-7-14)25-19(20)21)26(23,24)18-11-8-15-4-2-3-5-16(15)12-18/h2-12,19H,13H2,1H3. The van der Waals surface area contributed by atoms with Crippen molar-refractivity contribution in [2.24, 2.45) is 0 Å². The third-order valence-corrected chi connectivity index (χ3v) is 5.78. The lowest BCUT2D eigenvalue weighted by Crippen LogP contribution is -2.26. The van der Waals surface area contributed by atoms with Gasteiger partial charge in [-0.15, -0.1) is 0 Å². The fraction of sp³-hybridized carbons (Fsp3) is 0.158. The van der Waals surface area contributed by atoms with Crippen molar-refractivity contribution in [3.05, 3.63) is 72.3 Å². The normalized spacial score (nSPS) is 12.0. The van der Waals surface area contributed by atoms with Crippen molar-refractivity contribution in [3.63, 3.8) is 0 Å². The molecule has 0 saturated carbocycles. The second-order valence-corrected chi connectivity index (χ2v) is 7.84. The van der Waals surface area contributed by atoms with E-state index in [0.717, 1.165) is 10.8 Å². The lowest BCUT2D eigenvalue weighted by molar-refractivity contribution is -0.0498. The van der Waals surface area contributed by atoms with Gasteiger partial charge in [0, 0.05) is 13.6 Å². The molecular weight excluding hydrogens is 360 g/mol. The maximum absolute atomic E-state index is 12.8. The Morgan fingerprint density at radius 3 is 2.27 bits per heavy atom. The molecule has 0 fully saturated rings. The van der Waals surface area contributed by atoms with Crippen LogP contribution >= 0.6 is 0 Å². The largest absolute Gasteiger partial charge is 0.435 e. The fourth-order valence-electron chi connectivity index (χ4n) is 2.63. The van der Waals surface area contributed by atoms with E-state index in [-0.39, 0.29) is 17.2 Å². The minimum absolute atomic E-state index is 0.0313. The van der Waals surface area contributed by atoms with Gasteiger partial charge in [0.05, 0.1) is 4.90 Å². The van der Waals surface area contributed by atoms with Crippen molar-refractivity contribution in [3.8, 4) is 5.75 Å². The Labute approximate surface area is 150 Å². The molecule has 0 amide bonds. The molecule has 0 atom stereocenters. The summed E-state index contributed by atoms with van der Waals surface area (Å²) in [5, 5.41) is 1.80. The second-order valence-electron chi connectivity index (χ2n) is 5.79. The molecule has 7 heteroatoms. The van der Waals surface area contributed by atoms with Crippen LogP contribution in [0, 0.1) is 0 Å². The van der Waals surface area contributed by atoms with Gasteiger partial charge in [0.1, 0.15) is 5.75 Å². The lowest BCUT2D eigenvalue weighted by Gasteiger charge is -2.18. The number of alkyl halides is 2. The van der Waals surface area contributed by atoms with Crippen molar-refractivity contribution in [1.29, 1.82) is 0 Å². The molecule has 0 heterocycles. The molecular formula is C19H17F2NO3S. The Hall–Kier alpha value is -2.51. The topological polar surface area (TPSA) is 46.6 Å². The summed E-state index contributed by atoms with van der Waals surface area (Å²) in [5.74, 6) is 0.0313. The van der Waals surface area contributed by atoms with Crippen LogP contribution < -0.4 is 4.74 Å². The minimum Gasteiger partial charge on any atom is -0.435 e. The number of ether oxygens (including phenoxy) is 1. The number of halogens is 2. The molecule has 0 unspecified atom stereocenters. The molecule has 0 saturated heterocycles. The van der Waals surface area contributed by atoms with Gasteiger partial charge in [0.25, 0.3) is 0 Å². The number of fused-ring (bicyclic) bond motifs is 1. The molecule has 0 bridgehead atoms. The quantitative estimate of drug-likeness (QED) is 0.645. The summed E-state index contributed by atoms with van der Waals surface area (Å²) < 4.78 is 55.5. The zero-order chi connectivity index (χ0) is 18.7. The summed E-state index contributed by atoms with van der Waals surface area (Å²) in [6, 6.07) is 18.4. The number of hydrogen-bond donors (Lipinski definition) is 0. The highest BCUT2D eigenvalue weighted by atomic mass is 32.2. The van der Waals surface area contributed by atoms with Crippen LogP contribution in [-0.2, 0) is 16.6 Å². The Bertz CT molecular complexity index is 1000. The van der Waals surface area contributed by atoms with Gasteiger partial charge >= 0.3 is 6.61 Å². The van der Waals surface area contributed by atoms with Crippen LogP contribution in [0.5, 0.6) is 5.75 Å². The highest BCUT2D eigenvalue weighted by Crippen LogP contribution is 2.23. The molecule has 3 aromatic rings. The van der Waals surface area contributed by atoms with E-state index in [9.17, 15) is 17.2 Å². The van der Waals surface area contributed by atoms with Crippen LogP contribution in [-0.4, -0.2) is 26.4 Å². The molecule has 0 spiro atoms. The van der Waals surface area contributed by atoms with E-state index in [1.54, 1.807) is 30.3 Å². The molecule has 0 aromatic heterocycles. The number of benzene rings is 3. The highest BCUT2D eigenvalue weighted by Gasteiger charge is 2.21. The van der Waals surface area contributed by atoms with Crippen molar-refractivity contribution in [1.82, 2.24) is 4.31 Å². The predicted molar refractivity (Wildman–Crippen MR) is 95.7 cm³/mol. The van der Waals surface area contributed by atoms with Crippen molar-refractivity contribution >= 4 is 20.8 Å². The summed E-state index contributed by atoms with van der Waals surface area (Å²) in [5.41, 5.74) is 0.665. The van der Waals surface area contributed by atoms with Crippen LogP contribution in [0.3, 0.4) is 0 Å². The predicted octanol–water partition coefficient (Wildman–Crippen LogP) is 4.26. The van der Waals surface area contributed by atoms with Gasteiger partial charge in [-0.05, 0) is 40.6 Å². The summed E-state index contributed by atoms with van der Waals surface area (Å²) in [6.07, 6.45) is 0. The summed E-state index contributed by atoms with van der Waals surface area (Å²) in [7, 11) is -2.20. The maximum atomic E-state index is 12.8. The third-order valence-electron chi connectivity index (χ3n) is 3.98. The Morgan fingerprint density at radius 1 is 0.962 bits per heavy atom. The van der Waals surface area contributed by atoms with E-state index in [1.807, 2.05) is 24.3 Å². The molecule has 0 aliphatic carbocycles. The molecule has 136 valence electrons. The van der Waals surface area contributed by atoms with Crippen molar-refractivity contribution in [2.45, 2.75) is 18.1 Å². The Kier molecular flexibility index (Phi) is 5.20. The molecule has 3 aromatic carbocycles. The van der Waals surface area contributed by atoms with E-state index >= 15 is 0 Å². The first-order valence-corrected chi connectivity index (χ1v) is 9.29. The van der Waals surface area contributed by atoms with Crippen LogP contribution in [0.1, 0.15) is 5.56 Å². The van der Waals surface area contributed by atoms with Crippen LogP contribution in [0.4, 0.5) is 8.78 Å². The fourth-order valence-corrected chi connectivity index (χ4v) is 3.82. The van der Waals surface area contributed by atoms with Crippen molar-refractivity contribution in [2.75, 3.05) is 7.05 Å². The van der Waals surface area contributed by atoms with Gasteiger partial charge < -0.3 is 4.74 Å². The van der Waals surface area contributed by atoms with Gasteiger partial charge in [-0.1, -0.05) is 42.5 Å². The second kappa shape index (κ2) is 7.39. The van der Waals surface area contributed by atoms with Gasteiger partial charge in [-0.25, -0.2) is 8.42 Å². The minimum atomic E-state index is -3.68. The Balaban J connectivity index is 1.79. The average Bonchev–Trinajstić information content (AvgIpc) is 2.62. The number of sulfonamides is 1. The van der Waals surface area contributed by atoms with Crippen LogP contribution in [0.2, 0.25) is 0 Å². The maximum Gasteiger partial charge on any atom is 0.387 e. The molecule has 26 heavy (non-hydrogen) atoms. The van der Waals surface area contributed by atoms with Crippen LogP contribution in [0.25, 0.3) is 10.8 Å². The summed E-state index contributed by atoms with van der Waals surface area (Å²) in [6.45, 7) is -2.78. The van der Waals surface area contributed by atoms with E-state index in [2.05, 4.69) is 4.74 Å². The van der Waals surface area contributed by atoms with E-state index < -0.39 is 16.6 Å². The lowest BCUT2D eigenvalue weighted by atomic mass is 10.1. The average molecular weight is 377 g/mol. The number of rotatable bonds is 6. The molecule has 0 radical (unpaired) electrons. The first kappa shape index (κ1) is 18.3. The number of nitrogens with zero attached hydrogens (tertiary/aromatic N) is 1. The first-order valence-electron chi connectivity index (χ1n) is 7.85. The first-order chi connectivity index (χ1) is 12.4. The van der Waals surface area contributed by atoms with Crippen molar-refractivity contribution < 1.29 is 21.9 Å². The summed E-state index contributed by atoms with van der Waals surface area (Å²) in [4.78, 5) is 0.205. The van der Waals surface area contributed by atoms with E-state index in [0.29, 0.717) is 5.56 Å². The molecule has 0 aliphatic heterocycles. The van der Waals surface area contributed by atoms with Gasteiger partial charge in [0.2, 0.25) is 10.0 Å². The monoisotopic (exact) mass is 377 g/mol. The molecule has 0 N–H and O–H groups in total. The zero-order valence-corrected chi connectivity index (χ0v) is 14.8. The Morgan fingerprint density at radius 2 is 1.62 bits per heavy atom. The smallest absolute Gasteiger partial charge is 0.387 e. The van der Waals surface area contributed by atoms with E-state index in [1.165, 1.54) is 23.5 Å². The molecule has 4 nitrogen and oxygen atoms in total. The molecule has 3 rings (SSSR count). The van der Waals surface area contributed by atoms with Gasteiger partial charge in [-0.3, -0.25) is 0 Å². The van der Waals surface area contributed by atoms with Crippen LogP contribution in [0.15, 0.2) is 71.6 Å². The third kappa shape index (κ3) is 4.00. The van der Waals surface area contributed by atoms with E-state index in [4.69, 9.17) is 0 Å². The van der Waals surface area contributed by atoms with Gasteiger partial charge in [0.15, 0.2) is 0 Å². The summed E-state index contributed by atoms with van der Waals surface area (Å²) >= 11 is 0. The SMILES string of the molecule is CN(Cc1ccc(OC(F)F)cc1)S(=O)(=O)c1ccc2ccccc2c1. The highest BCUT2D eigenvalue weighted by molar-refractivity contribution is 7.89. The van der Waals surface area contributed by atoms with Gasteiger partial charge in [-0.2, -0.15) is 13.1 Å². The zero-order valence-electron chi connectivity index (χ0n) is 14.0. The number of hydrogen-bond acceptors (Lipinski definition) is 3. The molecule has 0 aliphatic rings.